The van der Waals surface area contributed by atoms with Crippen LogP contribution in [0.3, 0.4) is 0 Å². The number of carbonyl (C=O) groups is 1. The molecule has 0 unspecified atom stereocenters. The standard InChI is InChI=1S/C16H14N2O3/c1-20-12-7-8-14-13(9-12)15(18-17-14)10-3-5-11(6-4-10)16(19)21-2/h3-9H,1-2H3,(H,17,18). The van der Waals surface area contributed by atoms with Gasteiger partial charge in [0.2, 0.25) is 0 Å². The molecule has 0 bridgehead atoms. The summed E-state index contributed by atoms with van der Waals surface area (Å²) in [4.78, 5) is 11.4. The number of aromatic amines is 1. The zero-order valence-corrected chi connectivity index (χ0v) is 11.7. The summed E-state index contributed by atoms with van der Waals surface area (Å²) in [6.45, 7) is 0. The number of methoxy groups -OCH3 is 2. The summed E-state index contributed by atoms with van der Waals surface area (Å²) in [5, 5.41) is 8.30. The molecule has 0 spiro atoms. The molecule has 3 aromatic rings. The van der Waals surface area contributed by atoms with Crippen LogP contribution in [0.1, 0.15) is 10.4 Å². The third-order valence-corrected chi connectivity index (χ3v) is 3.35. The molecular formula is C16H14N2O3. The van der Waals surface area contributed by atoms with Gasteiger partial charge in [0.05, 0.1) is 25.3 Å². The van der Waals surface area contributed by atoms with E-state index in [0.29, 0.717) is 5.56 Å². The average Bonchev–Trinajstić information content (AvgIpc) is 2.97. The van der Waals surface area contributed by atoms with Crippen LogP contribution in [0.15, 0.2) is 42.5 Å². The van der Waals surface area contributed by atoms with E-state index in [9.17, 15) is 4.79 Å². The lowest BCUT2D eigenvalue weighted by molar-refractivity contribution is 0.0601. The third kappa shape index (κ3) is 2.33. The number of aromatic nitrogens is 2. The Balaban J connectivity index is 2.05. The van der Waals surface area contributed by atoms with Crippen LogP contribution < -0.4 is 4.74 Å². The summed E-state index contributed by atoms with van der Waals surface area (Å²) in [5.41, 5.74) is 3.18. The number of esters is 1. The Bertz CT molecular complexity index is 791. The average molecular weight is 282 g/mol. The van der Waals surface area contributed by atoms with Crippen LogP contribution >= 0.6 is 0 Å². The van der Waals surface area contributed by atoms with Crippen molar-refractivity contribution in [2.75, 3.05) is 14.2 Å². The molecule has 21 heavy (non-hydrogen) atoms. The minimum Gasteiger partial charge on any atom is -0.497 e. The summed E-state index contributed by atoms with van der Waals surface area (Å²) in [7, 11) is 3.00. The zero-order valence-electron chi connectivity index (χ0n) is 11.7. The van der Waals surface area contributed by atoms with Gasteiger partial charge in [0.25, 0.3) is 0 Å². The lowest BCUT2D eigenvalue weighted by Crippen LogP contribution is -2.00. The first-order valence-electron chi connectivity index (χ1n) is 6.44. The molecule has 0 saturated carbocycles. The van der Waals surface area contributed by atoms with Gasteiger partial charge in [-0.15, -0.1) is 0 Å². The quantitative estimate of drug-likeness (QED) is 0.750. The predicted molar refractivity (Wildman–Crippen MR) is 79.4 cm³/mol. The fraction of sp³-hybridized carbons (Fsp3) is 0.125. The smallest absolute Gasteiger partial charge is 0.337 e. The zero-order chi connectivity index (χ0) is 14.8. The molecule has 1 N–H and O–H groups in total. The van der Waals surface area contributed by atoms with Crippen molar-refractivity contribution in [3.05, 3.63) is 48.0 Å². The first-order chi connectivity index (χ1) is 10.2. The summed E-state index contributed by atoms with van der Waals surface area (Å²) < 4.78 is 9.93. The number of hydrogen-bond acceptors (Lipinski definition) is 4. The molecule has 0 aliphatic carbocycles. The molecule has 5 heteroatoms. The minimum atomic E-state index is -0.352. The highest BCUT2D eigenvalue weighted by atomic mass is 16.5. The number of nitrogens with zero attached hydrogens (tertiary/aromatic N) is 1. The summed E-state index contributed by atoms with van der Waals surface area (Å²) in [6.07, 6.45) is 0. The van der Waals surface area contributed by atoms with Gasteiger partial charge in [0.15, 0.2) is 0 Å². The fourth-order valence-corrected chi connectivity index (χ4v) is 2.22. The summed E-state index contributed by atoms with van der Waals surface area (Å²) in [5.74, 6) is 0.423. The van der Waals surface area contributed by atoms with Crippen LogP contribution in [-0.2, 0) is 4.74 Å². The predicted octanol–water partition coefficient (Wildman–Crippen LogP) is 3.03. The molecule has 1 aromatic heterocycles. The van der Waals surface area contributed by atoms with Crippen LogP contribution in [0.4, 0.5) is 0 Å². The van der Waals surface area contributed by atoms with E-state index in [1.807, 2.05) is 30.3 Å². The van der Waals surface area contributed by atoms with E-state index >= 15 is 0 Å². The van der Waals surface area contributed by atoms with Crippen LogP contribution in [0.2, 0.25) is 0 Å². The lowest BCUT2D eigenvalue weighted by atomic mass is 10.1. The summed E-state index contributed by atoms with van der Waals surface area (Å²) in [6, 6.07) is 12.9. The molecule has 3 rings (SSSR count). The second kappa shape index (κ2) is 5.28. The van der Waals surface area contributed by atoms with Crippen LogP contribution in [-0.4, -0.2) is 30.4 Å². The van der Waals surface area contributed by atoms with Crippen LogP contribution in [0.25, 0.3) is 22.2 Å². The van der Waals surface area contributed by atoms with Gasteiger partial charge >= 0.3 is 5.97 Å². The van der Waals surface area contributed by atoms with Gasteiger partial charge in [-0.2, -0.15) is 5.10 Å². The Hall–Kier alpha value is -2.82. The van der Waals surface area contributed by atoms with E-state index in [0.717, 1.165) is 27.9 Å². The molecular weight excluding hydrogens is 268 g/mol. The van der Waals surface area contributed by atoms with E-state index in [-0.39, 0.29) is 5.97 Å². The molecule has 0 amide bonds. The van der Waals surface area contributed by atoms with Crippen molar-refractivity contribution >= 4 is 16.9 Å². The third-order valence-electron chi connectivity index (χ3n) is 3.35. The number of H-pyrrole nitrogens is 1. The maximum absolute atomic E-state index is 11.4. The van der Waals surface area contributed by atoms with E-state index < -0.39 is 0 Å². The maximum Gasteiger partial charge on any atom is 0.337 e. The number of benzene rings is 2. The number of nitrogens with one attached hydrogen (secondary N) is 1. The van der Waals surface area contributed by atoms with Crippen LogP contribution in [0, 0.1) is 0 Å². The topological polar surface area (TPSA) is 64.2 Å². The van der Waals surface area contributed by atoms with Crippen molar-refractivity contribution in [2.24, 2.45) is 0 Å². The van der Waals surface area contributed by atoms with Crippen LogP contribution in [0.5, 0.6) is 5.75 Å². The number of rotatable bonds is 3. The second-order valence-corrected chi connectivity index (χ2v) is 4.55. The molecule has 1 heterocycles. The van der Waals surface area contributed by atoms with Gasteiger partial charge in [-0.3, -0.25) is 5.10 Å². The van der Waals surface area contributed by atoms with Crippen molar-refractivity contribution in [2.45, 2.75) is 0 Å². The Kier molecular flexibility index (Phi) is 3.31. The first kappa shape index (κ1) is 13.2. The Morgan fingerprint density at radius 2 is 1.86 bits per heavy atom. The molecule has 0 radical (unpaired) electrons. The number of carbonyl (C=O) groups excluding carboxylic acids is 1. The van der Waals surface area contributed by atoms with E-state index in [1.54, 1.807) is 19.2 Å². The van der Waals surface area contributed by atoms with Gasteiger partial charge in [0.1, 0.15) is 11.4 Å². The van der Waals surface area contributed by atoms with Crippen molar-refractivity contribution in [3.8, 4) is 17.0 Å². The minimum absolute atomic E-state index is 0.352. The second-order valence-electron chi connectivity index (χ2n) is 4.55. The monoisotopic (exact) mass is 282 g/mol. The fourth-order valence-electron chi connectivity index (χ4n) is 2.22. The highest BCUT2D eigenvalue weighted by Gasteiger charge is 2.11. The highest BCUT2D eigenvalue weighted by molar-refractivity contribution is 5.95. The first-order valence-corrected chi connectivity index (χ1v) is 6.44. The molecule has 0 fully saturated rings. The lowest BCUT2D eigenvalue weighted by Gasteiger charge is -2.02. The Morgan fingerprint density at radius 1 is 1.10 bits per heavy atom. The Morgan fingerprint density at radius 3 is 2.52 bits per heavy atom. The maximum atomic E-state index is 11.4. The normalized spacial score (nSPS) is 10.6. The van der Waals surface area contributed by atoms with Gasteiger partial charge in [-0.25, -0.2) is 4.79 Å². The molecule has 0 atom stereocenters. The van der Waals surface area contributed by atoms with Crippen molar-refractivity contribution in [3.63, 3.8) is 0 Å². The van der Waals surface area contributed by atoms with Gasteiger partial charge < -0.3 is 9.47 Å². The number of hydrogen-bond donors (Lipinski definition) is 1. The van der Waals surface area contributed by atoms with Crippen molar-refractivity contribution < 1.29 is 14.3 Å². The largest absolute Gasteiger partial charge is 0.497 e. The molecule has 5 nitrogen and oxygen atoms in total. The van der Waals surface area contributed by atoms with E-state index in [2.05, 4.69) is 10.2 Å². The SMILES string of the molecule is COC(=O)c1ccc(-c2n[nH]c3ccc(OC)cc23)cc1. The van der Waals surface area contributed by atoms with Gasteiger partial charge in [-0.05, 0) is 30.3 Å². The molecule has 106 valence electrons. The number of ether oxygens (including phenoxy) is 2. The molecule has 2 aromatic carbocycles. The molecule has 0 aliphatic rings. The summed E-state index contributed by atoms with van der Waals surface area (Å²) >= 11 is 0. The van der Waals surface area contributed by atoms with E-state index in [1.165, 1.54) is 7.11 Å². The highest BCUT2D eigenvalue weighted by Crippen LogP contribution is 2.29. The van der Waals surface area contributed by atoms with Crippen molar-refractivity contribution in [1.29, 1.82) is 0 Å². The molecule has 0 saturated heterocycles. The van der Waals surface area contributed by atoms with Gasteiger partial charge in [-0.1, -0.05) is 12.1 Å². The molecule has 0 aliphatic heterocycles. The van der Waals surface area contributed by atoms with Gasteiger partial charge in [0, 0.05) is 10.9 Å². The van der Waals surface area contributed by atoms with Crippen molar-refractivity contribution in [1.82, 2.24) is 10.2 Å². The Labute approximate surface area is 121 Å². The van der Waals surface area contributed by atoms with E-state index in [4.69, 9.17) is 9.47 Å². The number of fused-ring (bicyclic) bond motifs is 1.